The van der Waals surface area contributed by atoms with Gasteiger partial charge in [-0.25, -0.2) is 4.79 Å². The largest absolute Gasteiger partial charge is 0.480 e. The fourth-order valence-corrected chi connectivity index (χ4v) is 2.22. The number of carbonyl (C=O) groups is 3. The number of carbonyl (C=O) groups excluding carboxylic acids is 2. The zero-order valence-electron chi connectivity index (χ0n) is 10.8. The van der Waals surface area contributed by atoms with Gasteiger partial charge in [-0.3, -0.25) is 9.59 Å². The second-order valence-electron chi connectivity index (χ2n) is 3.78. The van der Waals surface area contributed by atoms with Gasteiger partial charge in [-0.15, -0.1) is 0 Å². The van der Waals surface area contributed by atoms with E-state index in [4.69, 9.17) is 9.84 Å². The molecule has 0 aromatic heterocycles. The van der Waals surface area contributed by atoms with Gasteiger partial charge in [0.05, 0.1) is 12.5 Å². The van der Waals surface area contributed by atoms with Gasteiger partial charge in [-0.05, 0) is 6.92 Å². The lowest BCUT2D eigenvalue weighted by Gasteiger charge is -2.14. The number of rotatable bonds is 8. The van der Waals surface area contributed by atoms with Crippen LogP contribution in [0.15, 0.2) is 0 Å². The summed E-state index contributed by atoms with van der Waals surface area (Å²) in [7, 11) is 0. The van der Waals surface area contributed by atoms with Crippen LogP contribution in [-0.4, -0.2) is 47.1 Å². The van der Waals surface area contributed by atoms with E-state index >= 15 is 0 Å². The van der Waals surface area contributed by atoms with Gasteiger partial charge in [-0.2, -0.15) is 11.8 Å². The van der Waals surface area contributed by atoms with Crippen LogP contribution in [0, 0.1) is 5.92 Å². The van der Waals surface area contributed by atoms with Crippen LogP contribution in [0.1, 0.15) is 20.8 Å². The molecule has 0 bridgehead atoms. The van der Waals surface area contributed by atoms with Crippen molar-refractivity contribution >= 4 is 29.6 Å². The number of carboxylic acids is 1. The van der Waals surface area contributed by atoms with E-state index in [1.54, 1.807) is 13.8 Å². The number of hydrogen-bond donors (Lipinski definition) is 2. The Hall–Kier alpha value is -1.24. The van der Waals surface area contributed by atoms with E-state index in [1.807, 2.05) is 0 Å². The molecule has 0 fully saturated rings. The molecule has 0 aromatic rings. The molecule has 0 heterocycles. The SMILES string of the molecule is CCOC(=O)[C@@H](C)CSC[C@@H](NC(C)=O)C(=O)O. The number of thioether (sulfide) groups is 1. The first-order chi connectivity index (χ1) is 8.38. The number of nitrogens with one attached hydrogen (secondary N) is 1. The van der Waals surface area contributed by atoms with Crippen molar-refractivity contribution in [1.82, 2.24) is 5.32 Å². The molecule has 18 heavy (non-hydrogen) atoms. The van der Waals surface area contributed by atoms with Crippen LogP contribution in [0.5, 0.6) is 0 Å². The van der Waals surface area contributed by atoms with Crippen LogP contribution < -0.4 is 5.32 Å². The molecule has 2 N–H and O–H groups in total. The Kier molecular flexibility index (Phi) is 8.19. The maximum atomic E-state index is 11.3. The number of esters is 1. The van der Waals surface area contributed by atoms with Gasteiger partial charge in [0.1, 0.15) is 6.04 Å². The van der Waals surface area contributed by atoms with Crippen LogP contribution in [0.3, 0.4) is 0 Å². The highest BCUT2D eigenvalue weighted by atomic mass is 32.2. The maximum absolute atomic E-state index is 11.3. The van der Waals surface area contributed by atoms with Gasteiger partial charge >= 0.3 is 11.9 Å². The molecule has 0 aromatic carbocycles. The van der Waals surface area contributed by atoms with Gasteiger partial charge in [0.2, 0.25) is 5.91 Å². The summed E-state index contributed by atoms with van der Waals surface area (Å²) in [5, 5.41) is 11.2. The van der Waals surface area contributed by atoms with E-state index in [9.17, 15) is 14.4 Å². The Morgan fingerprint density at radius 2 is 1.94 bits per heavy atom. The van der Waals surface area contributed by atoms with Crippen molar-refractivity contribution in [3.63, 3.8) is 0 Å². The van der Waals surface area contributed by atoms with E-state index in [0.29, 0.717) is 12.4 Å². The van der Waals surface area contributed by atoms with E-state index in [2.05, 4.69) is 5.32 Å². The molecule has 0 aliphatic rings. The normalized spacial score (nSPS) is 13.5. The number of ether oxygens (including phenoxy) is 1. The number of carboxylic acid groups (broad SMARTS) is 1. The first kappa shape index (κ1) is 16.8. The highest BCUT2D eigenvalue weighted by molar-refractivity contribution is 7.99. The molecule has 0 radical (unpaired) electrons. The Bertz CT molecular complexity index is 308. The first-order valence-electron chi connectivity index (χ1n) is 5.62. The minimum absolute atomic E-state index is 0.221. The molecule has 2 atom stereocenters. The maximum Gasteiger partial charge on any atom is 0.327 e. The molecule has 0 aliphatic heterocycles. The summed E-state index contributed by atoms with van der Waals surface area (Å²) in [6.07, 6.45) is 0. The van der Waals surface area contributed by atoms with Gasteiger partial charge in [0.25, 0.3) is 0 Å². The summed E-state index contributed by atoms with van der Waals surface area (Å²) in [6.45, 7) is 5.05. The highest BCUT2D eigenvalue weighted by Gasteiger charge is 2.20. The third-order valence-corrected chi connectivity index (χ3v) is 3.32. The lowest BCUT2D eigenvalue weighted by Crippen LogP contribution is -2.41. The van der Waals surface area contributed by atoms with Crippen LogP contribution in [0.25, 0.3) is 0 Å². The van der Waals surface area contributed by atoms with E-state index in [-0.39, 0.29) is 23.5 Å². The van der Waals surface area contributed by atoms with E-state index < -0.39 is 12.0 Å². The third kappa shape index (κ3) is 7.16. The van der Waals surface area contributed by atoms with Crippen LogP contribution in [0.4, 0.5) is 0 Å². The molecule has 6 nitrogen and oxygen atoms in total. The van der Waals surface area contributed by atoms with Gasteiger partial charge < -0.3 is 15.2 Å². The molecule has 0 unspecified atom stereocenters. The minimum atomic E-state index is -1.08. The van der Waals surface area contributed by atoms with Crippen molar-refractivity contribution < 1.29 is 24.2 Å². The Morgan fingerprint density at radius 1 is 1.33 bits per heavy atom. The summed E-state index contributed by atoms with van der Waals surface area (Å²) in [6, 6.07) is -0.929. The topological polar surface area (TPSA) is 92.7 Å². The third-order valence-electron chi connectivity index (χ3n) is 2.02. The molecule has 1 amide bonds. The Morgan fingerprint density at radius 3 is 2.39 bits per heavy atom. The lowest BCUT2D eigenvalue weighted by atomic mass is 10.2. The molecule has 0 spiro atoms. The van der Waals surface area contributed by atoms with E-state index in [1.165, 1.54) is 18.7 Å². The second-order valence-corrected chi connectivity index (χ2v) is 4.86. The molecule has 0 saturated carbocycles. The van der Waals surface area contributed by atoms with Gasteiger partial charge in [-0.1, -0.05) is 6.92 Å². The summed E-state index contributed by atoms with van der Waals surface area (Å²) >= 11 is 1.30. The molecule has 7 heteroatoms. The summed E-state index contributed by atoms with van der Waals surface area (Å²) in [5.74, 6) is -1.37. The van der Waals surface area contributed by atoms with E-state index in [0.717, 1.165) is 0 Å². The number of aliphatic carboxylic acids is 1. The Labute approximate surface area is 110 Å². The van der Waals surface area contributed by atoms with Gasteiger partial charge in [0, 0.05) is 18.4 Å². The van der Waals surface area contributed by atoms with Crippen LogP contribution >= 0.6 is 11.8 Å². The number of hydrogen-bond acceptors (Lipinski definition) is 5. The summed E-state index contributed by atoms with van der Waals surface area (Å²) in [4.78, 5) is 32.9. The molecule has 0 saturated heterocycles. The fourth-order valence-electron chi connectivity index (χ4n) is 1.14. The molecular formula is C11H19NO5S. The highest BCUT2D eigenvalue weighted by Crippen LogP contribution is 2.11. The number of amides is 1. The van der Waals surface area contributed by atoms with Crippen LogP contribution in [0.2, 0.25) is 0 Å². The smallest absolute Gasteiger partial charge is 0.327 e. The predicted octanol–water partition coefficient (Wildman–Crippen LogP) is 0.508. The molecule has 104 valence electrons. The molecule has 0 rings (SSSR count). The fraction of sp³-hybridized carbons (Fsp3) is 0.727. The quantitative estimate of drug-likeness (QED) is 0.628. The summed E-state index contributed by atoms with van der Waals surface area (Å²) < 4.78 is 4.83. The average Bonchev–Trinajstić information content (AvgIpc) is 2.27. The van der Waals surface area contributed by atoms with Crippen molar-refractivity contribution in [2.24, 2.45) is 5.92 Å². The second kappa shape index (κ2) is 8.79. The summed E-state index contributed by atoms with van der Waals surface area (Å²) in [5.41, 5.74) is 0. The van der Waals surface area contributed by atoms with Crippen molar-refractivity contribution in [2.75, 3.05) is 18.1 Å². The van der Waals surface area contributed by atoms with Crippen molar-refractivity contribution in [3.05, 3.63) is 0 Å². The Balaban J connectivity index is 4.02. The van der Waals surface area contributed by atoms with Gasteiger partial charge in [0.15, 0.2) is 0 Å². The average molecular weight is 277 g/mol. The monoisotopic (exact) mass is 277 g/mol. The minimum Gasteiger partial charge on any atom is -0.480 e. The van der Waals surface area contributed by atoms with Crippen molar-refractivity contribution in [3.8, 4) is 0 Å². The van der Waals surface area contributed by atoms with Crippen LogP contribution in [-0.2, 0) is 19.1 Å². The molecular weight excluding hydrogens is 258 g/mol. The van der Waals surface area contributed by atoms with Crippen molar-refractivity contribution in [1.29, 1.82) is 0 Å². The zero-order valence-corrected chi connectivity index (χ0v) is 11.6. The molecule has 0 aliphatic carbocycles. The lowest BCUT2D eigenvalue weighted by molar-refractivity contribution is -0.146. The first-order valence-corrected chi connectivity index (χ1v) is 6.78. The van der Waals surface area contributed by atoms with Crippen molar-refractivity contribution in [2.45, 2.75) is 26.8 Å². The predicted molar refractivity (Wildman–Crippen MR) is 68.4 cm³/mol. The zero-order chi connectivity index (χ0) is 14.1. The standard InChI is InChI=1S/C11H19NO5S/c1-4-17-11(16)7(2)5-18-6-9(10(14)15)12-8(3)13/h7,9H,4-6H2,1-3H3,(H,12,13)(H,14,15)/t7-,9+/m0/s1.